The molecule has 0 saturated carbocycles. The van der Waals surface area contributed by atoms with E-state index < -0.39 is 5.97 Å². The molecule has 3 nitrogen and oxygen atoms in total. The van der Waals surface area contributed by atoms with Crippen molar-refractivity contribution >= 4 is 5.97 Å². The van der Waals surface area contributed by atoms with E-state index in [9.17, 15) is 0 Å². The Balaban J connectivity index is 0. The maximum absolute atomic E-state index is 9.00. The van der Waals surface area contributed by atoms with E-state index >= 15 is 0 Å². The van der Waals surface area contributed by atoms with Gasteiger partial charge in [-0.15, -0.1) is 0 Å². The van der Waals surface area contributed by atoms with E-state index in [1.807, 2.05) is 0 Å². The Morgan fingerprint density at radius 3 is 2.00 bits per heavy atom. The van der Waals surface area contributed by atoms with Gasteiger partial charge in [0, 0.05) is 13.5 Å². The molecule has 0 atom stereocenters. The quantitative estimate of drug-likeness (QED) is 0.459. The summed E-state index contributed by atoms with van der Waals surface area (Å²) >= 11 is 0. The number of hydrogen-bond donors (Lipinski definition) is 2. The first-order chi connectivity index (χ1) is 9.15. The van der Waals surface area contributed by atoms with Crippen molar-refractivity contribution in [3.8, 4) is 0 Å². The van der Waals surface area contributed by atoms with Crippen LogP contribution in [0.4, 0.5) is 0 Å². The maximum atomic E-state index is 9.00. The minimum absolute atomic E-state index is 0.355. The summed E-state index contributed by atoms with van der Waals surface area (Å²) in [5.74, 6) is -0.833. The van der Waals surface area contributed by atoms with Gasteiger partial charge in [-0.1, -0.05) is 50.0 Å². The van der Waals surface area contributed by atoms with Crippen molar-refractivity contribution in [2.45, 2.75) is 65.2 Å². The van der Waals surface area contributed by atoms with Crippen molar-refractivity contribution in [1.29, 1.82) is 0 Å². The lowest BCUT2D eigenvalue weighted by molar-refractivity contribution is -0.134. The van der Waals surface area contributed by atoms with E-state index in [2.05, 4.69) is 31.2 Å². The molecule has 112 valence electrons. The number of carboxylic acid groups (broad SMARTS) is 1. The fraction of sp³-hybridized carbons (Fsp3) is 0.688. The number of allylic oxidation sites excluding steroid dienone is 4. The summed E-state index contributed by atoms with van der Waals surface area (Å²) in [6.07, 6.45) is 18.5. The fourth-order valence-electron chi connectivity index (χ4n) is 1.51. The Bertz CT molecular complexity index is 228. The third-order valence-corrected chi connectivity index (χ3v) is 2.45. The highest BCUT2D eigenvalue weighted by atomic mass is 16.4. The van der Waals surface area contributed by atoms with Crippen molar-refractivity contribution in [2.75, 3.05) is 6.61 Å². The Morgan fingerprint density at radius 2 is 1.47 bits per heavy atom. The number of hydrogen-bond acceptors (Lipinski definition) is 2. The molecule has 0 aromatic rings. The lowest BCUT2D eigenvalue weighted by Gasteiger charge is -1.98. The van der Waals surface area contributed by atoms with Crippen LogP contribution in [0.5, 0.6) is 0 Å². The minimum Gasteiger partial charge on any atom is -0.481 e. The molecule has 0 saturated heterocycles. The molecule has 0 heterocycles. The second-order valence-corrected chi connectivity index (χ2v) is 4.43. The van der Waals surface area contributed by atoms with Crippen molar-refractivity contribution in [3.05, 3.63) is 24.3 Å². The number of unbranched alkanes of at least 4 members (excludes halogenated alkanes) is 6. The van der Waals surface area contributed by atoms with Crippen LogP contribution in [0, 0.1) is 0 Å². The lowest BCUT2D eigenvalue weighted by Crippen LogP contribution is -1.83. The van der Waals surface area contributed by atoms with E-state index in [0.717, 1.165) is 19.8 Å². The standard InChI is InChI=1S/C14H26O.C2H4O2/c1-2-3-4-5-6-7-8-9-10-11-12-13-14-15;1-2(3)4/h2-3,5-6,15H,4,7-14H2,1H3;1H3,(H,3,4)/b3-2+,6-5-;. The van der Waals surface area contributed by atoms with Crippen LogP contribution in [0.1, 0.15) is 65.2 Å². The summed E-state index contributed by atoms with van der Waals surface area (Å²) in [5.41, 5.74) is 0. The van der Waals surface area contributed by atoms with Crippen molar-refractivity contribution in [2.24, 2.45) is 0 Å². The second kappa shape index (κ2) is 19.3. The Hall–Kier alpha value is -1.09. The number of carboxylic acids is 1. The van der Waals surface area contributed by atoms with Gasteiger partial charge in [0.15, 0.2) is 0 Å². The molecule has 0 aliphatic carbocycles. The molecule has 0 rings (SSSR count). The molecular weight excluding hydrogens is 240 g/mol. The third kappa shape index (κ3) is 31.6. The first kappa shape index (κ1) is 20.2. The zero-order valence-corrected chi connectivity index (χ0v) is 12.5. The van der Waals surface area contributed by atoms with Gasteiger partial charge < -0.3 is 10.2 Å². The van der Waals surface area contributed by atoms with Crippen LogP contribution in [0.3, 0.4) is 0 Å². The summed E-state index contributed by atoms with van der Waals surface area (Å²) in [6, 6.07) is 0. The molecule has 0 unspecified atom stereocenters. The Labute approximate surface area is 118 Å². The molecule has 0 spiro atoms. The first-order valence-corrected chi connectivity index (χ1v) is 7.21. The lowest BCUT2D eigenvalue weighted by atomic mass is 10.1. The van der Waals surface area contributed by atoms with Crippen molar-refractivity contribution in [1.82, 2.24) is 0 Å². The van der Waals surface area contributed by atoms with E-state index in [0.29, 0.717) is 6.61 Å². The van der Waals surface area contributed by atoms with Crippen LogP contribution in [0.2, 0.25) is 0 Å². The molecule has 0 aliphatic rings. The molecule has 0 aromatic carbocycles. The van der Waals surface area contributed by atoms with Crippen LogP contribution < -0.4 is 0 Å². The third-order valence-electron chi connectivity index (χ3n) is 2.45. The van der Waals surface area contributed by atoms with Crippen LogP contribution >= 0.6 is 0 Å². The van der Waals surface area contributed by atoms with Gasteiger partial charge >= 0.3 is 0 Å². The van der Waals surface area contributed by atoms with Gasteiger partial charge in [0.25, 0.3) is 5.97 Å². The number of rotatable bonds is 10. The normalized spacial score (nSPS) is 10.7. The average Bonchev–Trinajstić information content (AvgIpc) is 2.35. The highest BCUT2D eigenvalue weighted by Crippen LogP contribution is 2.07. The van der Waals surface area contributed by atoms with Gasteiger partial charge in [0.2, 0.25) is 0 Å². The number of aliphatic hydroxyl groups excluding tert-OH is 1. The highest BCUT2D eigenvalue weighted by molar-refractivity contribution is 5.62. The van der Waals surface area contributed by atoms with E-state index in [-0.39, 0.29) is 0 Å². The molecule has 0 bridgehead atoms. The molecular formula is C16H30O3. The average molecular weight is 270 g/mol. The van der Waals surface area contributed by atoms with Gasteiger partial charge in [0.05, 0.1) is 0 Å². The molecule has 0 radical (unpaired) electrons. The van der Waals surface area contributed by atoms with Gasteiger partial charge in [0.1, 0.15) is 0 Å². The van der Waals surface area contributed by atoms with E-state index in [1.54, 1.807) is 0 Å². The van der Waals surface area contributed by atoms with Crippen molar-refractivity contribution < 1.29 is 15.0 Å². The van der Waals surface area contributed by atoms with E-state index in [1.165, 1.54) is 38.5 Å². The predicted octanol–water partition coefficient (Wildman–Crippen LogP) is 4.32. The fourth-order valence-corrected chi connectivity index (χ4v) is 1.51. The molecule has 0 aromatic heterocycles. The monoisotopic (exact) mass is 270 g/mol. The molecule has 0 fully saturated rings. The zero-order valence-electron chi connectivity index (χ0n) is 12.5. The molecule has 0 aliphatic heterocycles. The van der Waals surface area contributed by atoms with Crippen LogP contribution in [0.25, 0.3) is 0 Å². The van der Waals surface area contributed by atoms with Gasteiger partial charge in [-0.3, -0.25) is 4.79 Å². The summed E-state index contributed by atoms with van der Waals surface area (Å²) in [6.45, 7) is 3.49. The molecule has 2 N–H and O–H groups in total. The molecule has 3 heteroatoms. The molecule has 19 heavy (non-hydrogen) atoms. The van der Waals surface area contributed by atoms with Gasteiger partial charge in [-0.2, -0.15) is 0 Å². The number of carbonyl (C=O) groups is 1. The van der Waals surface area contributed by atoms with Crippen molar-refractivity contribution in [3.63, 3.8) is 0 Å². The SMILES string of the molecule is C/C=C/C/C=C\CCCCCCCCO.CC(=O)O. The summed E-state index contributed by atoms with van der Waals surface area (Å²) in [5, 5.41) is 16.0. The Kier molecular flexibility index (Phi) is 20.5. The summed E-state index contributed by atoms with van der Waals surface area (Å²) < 4.78 is 0. The van der Waals surface area contributed by atoms with E-state index in [4.69, 9.17) is 15.0 Å². The topological polar surface area (TPSA) is 57.5 Å². The number of aliphatic hydroxyl groups is 1. The smallest absolute Gasteiger partial charge is 0.300 e. The van der Waals surface area contributed by atoms with Crippen LogP contribution in [-0.2, 0) is 4.79 Å². The molecule has 0 amide bonds. The largest absolute Gasteiger partial charge is 0.481 e. The maximum Gasteiger partial charge on any atom is 0.300 e. The first-order valence-electron chi connectivity index (χ1n) is 7.21. The second-order valence-electron chi connectivity index (χ2n) is 4.43. The predicted molar refractivity (Wildman–Crippen MR) is 81.3 cm³/mol. The summed E-state index contributed by atoms with van der Waals surface area (Å²) in [4.78, 5) is 9.00. The van der Waals surface area contributed by atoms with Gasteiger partial charge in [-0.05, 0) is 32.6 Å². The number of aliphatic carboxylic acids is 1. The van der Waals surface area contributed by atoms with Crippen LogP contribution in [0.15, 0.2) is 24.3 Å². The van der Waals surface area contributed by atoms with Crippen LogP contribution in [-0.4, -0.2) is 22.8 Å². The highest BCUT2D eigenvalue weighted by Gasteiger charge is 1.89. The van der Waals surface area contributed by atoms with Gasteiger partial charge in [-0.25, -0.2) is 0 Å². The summed E-state index contributed by atoms with van der Waals surface area (Å²) in [7, 11) is 0. The zero-order chi connectivity index (χ0) is 14.8. The Morgan fingerprint density at radius 1 is 0.947 bits per heavy atom. The minimum atomic E-state index is -0.833.